The molecule has 0 aromatic heterocycles. The molecule has 0 bridgehead atoms. The number of rotatable bonds is 7. The highest BCUT2D eigenvalue weighted by Crippen LogP contribution is 2.29. The second-order valence-electron chi connectivity index (χ2n) is 8.06. The van der Waals surface area contributed by atoms with Crippen LogP contribution in [0.15, 0.2) is 84.9 Å². The third-order valence-corrected chi connectivity index (χ3v) is 4.63. The number of benzene rings is 3. The van der Waals surface area contributed by atoms with Crippen LogP contribution < -0.4 is 10.6 Å². The maximum Gasteiger partial charge on any atom is 0.331 e. The minimum atomic E-state index is -0.690. The number of nitrogens with one attached hydrogen (secondary N) is 2. The highest BCUT2D eigenvalue weighted by Gasteiger charge is 2.33. The van der Waals surface area contributed by atoms with E-state index >= 15 is 0 Å². The van der Waals surface area contributed by atoms with Crippen LogP contribution in [-0.2, 0) is 9.53 Å². The van der Waals surface area contributed by atoms with Crippen molar-refractivity contribution in [2.75, 3.05) is 10.6 Å². The zero-order valence-electron chi connectivity index (χ0n) is 17.4. The van der Waals surface area contributed by atoms with Crippen LogP contribution in [0.2, 0.25) is 5.02 Å². The summed E-state index contributed by atoms with van der Waals surface area (Å²) in [4.78, 5) is 13.3. The molecular weight excluding hydrogens is 396 g/mol. The standard InChI is InChI=1S/C25H27ClN2O2/c1-25(2,3)30-24(29)23(28-21-15-8-5-9-16-21)22(18-11-10-12-19(26)17-18)27-20-13-6-4-7-14-20/h4-17,22-23,27-28H,1-3H3/t22-,23-/m0/s1. The quantitative estimate of drug-likeness (QED) is 0.437. The van der Waals surface area contributed by atoms with Gasteiger partial charge < -0.3 is 15.4 Å². The van der Waals surface area contributed by atoms with Gasteiger partial charge in [-0.25, -0.2) is 4.79 Å². The summed E-state index contributed by atoms with van der Waals surface area (Å²) < 4.78 is 5.77. The molecule has 0 radical (unpaired) electrons. The van der Waals surface area contributed by atoms with Crippen molar-refractivity contribution in [2.24, 2.45) is 0 Å². The van der Waals surface area contributed by atoms with Gasteiger partial charge in [0.15, 0.2) is 0 Å². The molecule has 0 saturated carbocycles. The lowest BCUT2D eigenvalue weighted by molar-refractivity contribution is -0.156. The molecule has 0 heterocycles. The molecule has 0 spiro atoms. The molecule has 2 atom stereocenters. The second-order valence-corrected chi connectivity index (χ2v) is 8.50. The van der Waals surface area contributed by atoms with E-state index in [1.54, 1.807) is 0 Å². The number of para-hydroxylation sites is 2. The fraction of sp³-hybridized carbons (Fsp3) is 0.240. The van der Waals surface area contributed by atoms with Crippen molar-refractivity contribution in [1.29, 1.82) is 0 Å². The Labute approximate surface area is 183 Å². The molecule has 2 N–H and O–H groups in total. The van der Waals surface area contributed by atoms with Gasteiger partial charge in [-0.2, -0.15) is 0 Å². The van der Waals surface area contributed by atoms with Gasteiger partial charge in [0, 0.05) is 16.4 Å². The number of hydrogen-bond acceptors (Lipinski definition) is 4. The fourth-order valence-corrected chi connectivity index (χ4v) is 3.33. The average molecular weight is 423 g/mol. The van der Waals surface area contributed by atoms with Crippen LogP contribution in [-0.4, -0.2) is 17.6 Å². The zero-order valence-corrected chi connectivity index (χ0v) is 18.2. The molecule has 5 heteroatoms. The van der Waals surface area contributed by atoms with Crippen LogP contribution in [0.3, 0.4) is 0 Å². The van der Waals surface area contributed by atoms with E-state index in [0.717, 1.165) is 16.9 Å². The highest BCUT2D eigenvalue weighted by atomic mass is 35.5. The van der Waals surface area contributed by atoms with Crippen molar-refractivity contribution in [1.82, 2.24) is 0 Å². The Morgan fingerprint density at radius 2 is 1.40 bits per heavy atom. The van der Waals surface area contributed by atoms with Crippen LogP contribution in [0, 0.1) is 0 Å². The minimum absolute atomic E-state index is 0.347. The number of hydrogen-bond donors (Lipinski definition) is 2. The summed E-state index contributed by atoms with van der Waals surface area (Å²) >= 11 is 6.28. The molecule has 30 heavy (non-hydrogen) atoms. The van der Waals surface area contributed by atoms with Crippen molar-refractivity contribution in [3.05, 3.63) is 95.5 Å². The summed E-state index contributed by atoms with van der Waals surface area (Å²) in [6, 6.07) is 25.8. The monoisotopic (exact) mass is 422 g/mol. The van der Waals surface area contributed by atoms with Gasteiger partial charge in [-0.3, -0.25) is 0 Å². The van der Waals surface area contributed by atoms with Crippen molar-refractivity contribution in [3.63, 3.8) is 0 Å². The third kappa shape index (κ3) is 6.26. The van der Waals surface area contributed by atoms with E-state index in [-0.39, 0.29) is 5.97 Å². The van der Waals surface area contributed by atoms with Crippen molar-refractivity contribution >= 4 is 28.9 Å². The van der Waals surface area contributed by atoms with Crippen LogP contribution >= 0.6 is 11.6 Å². The maximum atomic E-state index is 13.3. The molecule has 4 nitrogen and oxygen atoms in total. The van der Waals surface area contributed by atoms with Gasteiger partial charge in [0.1, 0.15) is 11.6 Å². The normalized spacial score (nSPS) is 13.2. The molecular formula is C25H27ClN2O2. The van der Waals surface area contributed by atoms with E-state index in [0.29, 0.717) is 5.02 Å². The van der Waals surface area contributed by atoms with Gasteiger partial charge in [0.05, 0.1) is 6.04 Å². The molecule has 0 aliphatic rings. The van der Waals surface area contributed by atoms with E-state index in [4.69, 9.17) is 16.3 Å². The summed E-state index contributed by atoms with van der Waals surface area (Å²) in [5.74, 6) is -0.347. The highest BCUT2D eigenvalue weighted by molar-refractivity contribution is 6.30. The maximum absolute atomic E-state index is 13.3. The third-order valence-electron chi connectivity index (χ3n) is 4.39. The predicted octanol–water partition coefficient (Wildman–Crippen LogP) is 6.32. The molecule has 3 aromatic carbocycles. The Morgan fingerprint density at radius 3 is 1.93 bits per heavy atom. The van der Waals surface area contributed by atoms with Gasteiger partial charge in [-0.05, 0) is 62.7 Å². The van der Waals surface area contributed by atoms with Crippen LogP contribution in [0.1, 0.15) is 32.4 Å². The first-order valence-electron chi connectivity index (χ1n) is 9.93. The Bertz CT molecular complexity index is 956. The number of anilines is 2. The number of carbonyl (C=O) groups excluding carboxylic acids is 1. The predicted molar refractivity (Wildman–Crippen MR) is 124 cm³/mol. The molecule has 0 unspecified atom stereocenters. The lowest BCUT2D eigenvalue weighted by atomic mass is 9.97. The van der Waals surface area contributed by atoms with Crippen molar-refractivity contribution < 1.29 is 9.53 Å². The molecule has 0 saturated heterocycles. The number of halogens is 1. The Hall–Kier alpha value is -2.98. The largest absolute Gasteiger partial charge is 0.458 e. The smallest absolute Gasteiger partial charge is 0.331 e. The molecule has 0 aliphatic carbocycles. The molecule has 3 rings (SSSR count). The van der Waals surface area contributed by atoms with Gasteiger partial charge in [-0.1, -0.05) is 60.1 Å². The van der Waals surface area contributed by atoms with E-state index in [2.05, 4.69) is 10.6 Å². The van der Waals surface area contributed by atoms with E-state index in [9.17, 15) is 4.79 Å². The van der Waals surface area contributed by atoms with Crippen LogP contribution in [0.4, 0.5) is 11.4 Å². The Balaban J connectivity index is 2.02. The second kappa shape index (κ2) is 9.68. The molecule has 0 aliphatic heterocycles. The number of esters is 1. The first-order valence-corrected chi connectivity index (χ1v) is 10.3. The number of carbonyl (C=O) groups is 1. The molecule has 156 valence electrons. The SMILES string of the molecule is CC(C)(C)OC(=O)[C@@H](Nc1ccccc1)[C@@H](Nc1ccccc1)c1cccc(Cl)c1. The summed E-state index contributed by atoms with van der Waals surface area (Å²) in [5, 5.41) is 7.45. The summed E-state index contributed by atoms with van der Waals surface area (Å²) in [6.45, 7) is 5.59. The van der Waals surface area contributed by atoms with E-state index in [1.807, 2.05) is 106 Å². The fourth-order valence-electron chi connectivity index (χ4n) is 3.13. The molecule has 0 amide bonds. The van der Waals surface area contributed by atoms with E-state index < -0.39 is 17.7 Å². The lowest BCUT2D eigenvalue weighted by Gasteiger charge is -2.32. The van der Waals surface area contributed by atoms with Crippen LogP contribution in [0.5, 0.6) is 0 Å². The van der Waals surface area contributed by atoms with Gasteiger partial charge in [0.25, 0.3) is 0 Å². The summed E-state index contributed by atoms with van der Waals surface area (Å²) in [7, 11) is 0. The number of ether oxygens (including phenoxy) is 1. The topological polar surface area (TPSA) is 50.4 Å². The first-order chi connectivity index (χ1) is 14.3. The minimum Gasteiger partial charge on any atom is -0.458 e. The summed E-state index contributed by atoms with van der Waals surface area (Å²) in [5.41, 5.74) is 1.99. The zero-order chi connectivity index (χ0) is 21.6. The van der Waals surface area contributed by atoms with Crippen molar-refractivity contribution in [2.45, 2.75) is 38.5 Å². The molecule has 0 fully saturated rings. The lowest BCUT2D eigenvalue weighted by Crippen LogP contribution is -2.43. The molecule has 3 aromatic rings. The van der Waals surface area contributed by atoms with Gasteiger partial charge in [-0.15, -0.1) is 0 Å². The van der Waals surface area contributed by atoms with Gasteiger partial charge >= 0.3 is 5.97 Å². The van der Waals surface area contributed by atoms with Crippen molar-refractivity contribution in [3.8, 4) is 0 Å². The Kier molecular flexibility index (Phi) is 7.01. The average Bonchev–Trinajstić information content (AvgIpc) is 2.71. The summed E-state index contributed by atoms with van der Waals surface area (Å²) in [6.07, 6.45) is 0. The van der Waals surface area contributed by atoms with E-state index in [1.165, 1.54) is 0 Å². The van der Waals surface area contributed by atoms with Gasteiger partial charge in [0.2, 0.25) is 0 Å². The Morgan fingerprint density at radius 1 is 0.833 bits per heavy atom. The van der Waals surface area contributed by atoms with Crippen LogP contribution in [0.25, 0.3) is 0 Å². The first kappa shape index (κ1) is 21.7.